The van der Waals surface area contributed by atoms with Gasteiger partial charge in [-0.05, 0) is 31.9 Å². The van der Waals surface area contributed by atoms with Crippen molar-refractivity contribution in [3.8, 4) is 0 Å². The molecule has 1 aromatic rings. The van der Waals surface area contributed by atoms with Crippen molar-refractivity contribution in [2.24, 2.45) is 0 Å². The molecule has 0 saturated heterocycles. The Morgan fingerprint density at radius 1 is 1.26 bits per heavy atom. The summed E-state index contributed by atoms with van der Waals surface area (Å²) in [6.45, 7) is 7.85. The Morgan fingerprint density at radius 3 is 2.42 bits per heavy atom. The fourth-order valence-corrected chi connectivity index (χ4v) is 1.81. The van der Waals surface area contributed by atoms with E-state index in [9.17, 15) is 9.59 Å². The van der Waals surface area contributed by atoms with E-state index in [1.54, 1.807) is 4.90 Å². The first-order valence-corrected chi connectivity index (χ1v) is 6.49. The SMILES string of the molecule is CC(=O)N(CC(=O)NC(C)C)Cc1ccccc1C. The van der Waals surface area contributed by atoms with E-state index in [-0.39, 0.29) is 24.4 Å². The van der Waals surface area contributed by atoms with Gasteiger partial charge in [-0.1, -0.05) is 24.3 Å². The number of aryl methyl sites for hydroxylation is 1. The number of carbonyl (C=O) groups is 2. The van der Waals surface area contributed by atoms with Crippen LogP contribution in [0.3, 0.4) is 0 Å². The molecule has 1 rings (SSSR count). The van der Waals surface area contributed by atoms with Gasteiger partial charge < -0.3 is 10.2 Å². The van der Waals surface area contributed by atoms with Gasteiger partial charge in [-0.25, -0.2) is 0 Å². The van der Waals surface area contributed by atoms with Gasteiger partial charge in [0, 0.05) is 19.5 Å². The first-order valence-electron chi connectivity index (χ1n) is 6.49. The third-order valence-corrected chi connectivity index (χ3v) is 2.85. The molecule has 0 aromatic heterocycles. The molecule has 0 bridgehead atoms. The van der Waals surface area contributed by atoms with Gasteiger partial charge in [-0.2, -0.15) is 0 Å². The molecule has 1 N–H and O–H groups in total. The van der Waals surface area contributed by atoms with E-state index >= 15 is 0 Å². The highest BCUT2D eigenvalue weighted by molar-refractivity contribution is 5.83. The Morgan fingerprint density at radius 2 is 1.89 bits per heavy atom. The topological polar surface area (TPSA) is 49.4 Å². The minimum absolute atomic E-state index is 0.0831. The van der Waals surface area contributed by atoms with Crippen molar-refractivity contribution in [3.63, 3.8) is 0 Å². The van der Waals surface area contributed by atoms with Gasteiger partial charge in [-0.3, -0.25) is 9.59 Å². The number of amides is 2. The summed E-state index contributed by atoms with van der Waals surface area (Å²) in [6, 6.07) is 7.96. The van der Waals surface area contributed by atoms with Crippen LogP contribution in [0, 0.1) is 6.92 Å². The lowest BCUT2D eigenvalue weighted by Crippen LogP contribution is -2.41. The van der Waals surface area contributed by atoms with E-state index < -0.39 is 0 Å². The third kappa shape index (κ3) is 5.12. The maximum absolute atomic E-state index is 11.7. The molecule has 2 amide bonds. The van der Waals surface area contributed by atoms with Crippen molar-refractivity contribution in [3.05, 3.63) is 35.4 Å². The van der Waals surface area contributed by atoms with E-state index in [0.29, 0.717) is 6.54 Å². The fourth-order valence-electron chi connectivity index (χ4n) is 1.81. The van der Waals surface area contributed by atoms with E-state index in [1.807, 2.05) is 45.0 Å². The zero-order chi connectivity index (χ0) is 14.4. The number of nitrogens with one attached hydrogen (secondary N) is 1. The molecule has 0 atom stereocenters. The molecule has 0 heterocycles. The Balaban J connectivity index is 2.71. The summed E-state index contributed by atoms with van der Waals surface area (Å²) in [7, 11) is 0. The second-order valence-corrected chi connectivity index (χ2v) is 5.02. The number of nitrogens with zero attached hydrogens (tertiary/aromatic N) is 1. The zero-order valence-electron chi connectivity index (χ0n) is 12.1. The van der Waals surface area contributed by atoms with Crippen LogP contribution in [0.1, 0.15) is 31.9 Å². The smallest absolute Gasteiger partial charge is 0.239 e. The predicted octanol–water partition coefficient (Wildman–Crippen LogP) is 1.87. The maximum atomic E-state index is 11.7. The van der Waals surface area contributed by atoms with Crippen LogP contribution >= 0.6 is 0 Å². The summed E-state index contributed by atoms with van der Waals surface area (Å²) >= 11 is 0. The van der Waals surface area contributed by atoms with E-state index in [2.05, 4.69) is 5.32 Å². The molecule has 0 saturated carbocycles. The standard InChI is InChI=1S/C15H22N2O2/c1-11(2)16-15(19)10-17(13(4)18)9-14-8-6-5-7-12(14)3/h5-8,11H,9-10H2,1-4H3,(H,16,19). The van der Waals surface area contributed by atoms with Crippen LogP contribution in [-0.2, 0) is 16.1 Å². The quantitative estimate of drug-likeness (QED) is 0.880. The predicted molar refractivity (Wildman–Crippen MR) is 75.5 cm³/mol. The van der Waals surface area contributed by atoms with Crippen LogP contribution in [0.15, 0.2) is 24.3 Å². The number of carbonyl (C=O) groups excluding carboxylic acids is 2. The molecule has 0 aliphatic rings. The van der Waals surface area contributed by atoms with E-state index in [4.69, 9.17) is 0 Å². The molecule has 0 unspecified atom stereocenters. The lowest BCUT2D eigenvalue weighted by Gasteiger charge is -2.22. The second kappa shape index (κ2) is 6.92. The Labute approximate surface area is 114 Å². The Hall–Kier alpha value is -1.84. The van der Waals surface area contributed by atoms with Crippen LogP contribution < -0.4 is 5.32 Å². The molecule has 4 heteroatoms. The molecule has 0 radical (unpaired) electrons. The molecule has 1 aromatic carbocycles. The van der Waals surface area contributed by atoms with Crippen molar-refractivity contribution in [2.45, 2.75) is 40.3 Å². The van der Waals surface area contributed by atoms with Crippen LogP contribution in [0.4, 0.5) is 0 Å². The van der Waals surface area contributed by atoms with Crippen molar-refractivity contribution < 1.29 is 9.59 Å². The van der Waals surface area contributed by atoms with Crippen molar-refractivity contribution >= 4 is 11.8 Å². The molecular weight excluding hydrogens is 240 g/mol. The minimum Gasteiger partial charge on any atom is -0.352 e. The van der Waals surface area contributed by atoms with Gasteiger partial charge in [0.15, 0.2) is 0 Å². The van der Waals surface area contributed by atoms with Crippen molar-refractivity contribution in [1.29, 1.82) is 0 Å². The summed E-state index contributed by atoms with van der Waals surface area (Å²) in [5.41, 5.74) is 2.19. The summed E-state index contributed by atoms with van der Waals surface area (Å²) in [6.07, 6.45) is 0. The van der Waals surface area contributed by atoms with Gasteiger partial charge in [0.2, 0.25) is 11.8 Å². The van der Waals surface area contributed by atoms with Gasteiger partial charge in [-0.15, -0.1) is 0 Å². The largest absolute Gasteiger partial charge is 0.352 e. The Bertz CT molecular complexity index is 455. The average molecular weight is 262 g/mol. The Kier molecular flexibility index (Phi) is 5.55. The first-order chi connectivity index (χ1) is 8.90. The van der Waals surface area contributed by atoms with Crippen molar-refractivity contribution in [2.75, 3.05) is 6.54 Å². The monoisotopic (exact) mass is 262 g/mol. The lowest BCUT2D eigenvalue weighted by molar-refractivity contribution is -0.135. The van der Waals surface area contributed by atoms with Crippen molar-refractivity contribution in [1.82, 2.24) is 10.2 Å². The summed E-state index contributed by atoms with van der Waals surface area (Å²) in [5, 5.41) is 2.80. The lowest BCUT2D eigenvalue weighted by atomic mass is 10.1. The van der Waals surface area contributed by atoms with Gasteiger partial charge in [0.25, 0.3) is 0 Å². The summed E-state index contributed by atoms with van der Waals surface area (Å²) < 4.78 is 0. The highest BCUT2D eigenvalue weighted by Gasteiger charge is 2.15. The zero-order valence-corrected chi connectivity index (χ0v) is 12.1. The molecule has 0 spiro atoms. The van der Waals surface area contributed by atoms with Gasteiger partial charge >= 0.3 is 0 Å². The highest BCUT2D eigenvalue weighted by atomic mass is 16.2. The maximum Gasteiger partial charge on any atom is 0.239 e. The van der Waals surface area contributed by atoms with Crippen LogP contribution in [-0.4, -0.2) is 29.3 Å². The third-order valence-electron chi connectivity index (χ3n) is 2.85. The molecule has 4 nitrogen and oxygen atoms in total. The van der Waals surface area contributed by atoms with Crippen LogP contribution in [0.25, 0.3) is 0 Å². The number of rotatable bonds is 5. The normalized spacial score (nSPS) is 10.4. The van der Waals surface area contributed by atoms with Gasteiger partial charge in [0.1, 0.15) is 0 Å². The second-order valence-electron chi connectivity index (χ2n) is 5.02. The summed E-state index contributed by atoms with van der Waals surface area (Å²) in [4.78, 5) is 24.9. The van der Waals surface area contributed by atoms with Gasteiger partial charge in [0.05, 0.1) is 6.54 Å². The molecule has 19 heavy (non-hydrogen) atoms. The number of benzene rings is 1. The minimum atomic E-state index is -0.126. The van der Waals surface area contributed by atoms with Crippen LogP contribution in [0.5, 0.6) is 0 Å². The van der Waals surface area contributed by atoms with E-state index in [1.165, 1.54) is 6.92 Å². The average Bonchev–Trinajstić information content (AvgIpc) is 2.29. The summed E-state index contributed by atoms with van der Waals surface area (Å²) in [5.74, 6) is -0.221. The molecular formula is C15H22N2O2. The molecule has 104 valence electrons. The number of hydrogen-bond donors (Lipinski definition) is 1. The highest BCUT2D eigenvalue weighted by Crippen LogP contribution is 2.10. The molecule has 0 fully saturated rings. The van der Waals surface area contributed by atoms with Crippen LogP contribution in [0.2, 0.25) is 0 Å². The molecule has 0 aliphatic carbocycles. The fraction of sp³-hybridized carbons (Fsp3) is 0.467. The first kappa shape index (κ1) is 15.2. The molecule has 0 aliphatic heterocycles. The number of hydrogen-bond acceptors (Lipinski definition) is 2. The van der Waals surface area contributed by atoms with E-state index in [0.717, 1.165) is 11.1 Å².